The average Bonchev–Trinajstić information content (AvgIpc) is 3.55. The van der Waals surface area contributed by atoms with E-state index in [1.165, 1.54) is 14.2 Å². The molecule has 40 heavy (non-hydrogen) atoms. The van der Waals surface area contributed by atoms with E-state index in [0.717, 1.165) is 28.5 Å². The van der Waals surface area contributed by atoms with Crippen molar-refractivity contribution in [2.24, 2.45) is 0 Å². The second kappa shape index (κ2) is 10.7. The van der Waals surface area contributed by atoms with E-state index >= 15 is 0 Å². The molecule has 0 aliphatic carbocycles. The topological polar surface area (TPSA) is 118 Å². The van der Waals surface area contributed by atoms with Gasteiger partial charge in [0.15, 0.2) is 11.5 Å². The summed E-state index contributed by atoms with van der Waals surface area (Å²) in [4.78, 5) is 39.0. The van der Waals surface area contributed by atoms with Gasteiger partial charge in [0.2, 0.25) is 0 Å². The molecular formula is C30H34N4O5S. The Balaban J connectivity index is 1.45. The second-order valence-electron chi connectivity index (χ2n) is 11.2. The largest absolute Gasteiger partial charge is 0.492 e. The van der Waals surface area contributed by atoms with Gasteiger partial charge < -0.3 is 25.4 Å². The first-order valence-electron chi connectivity index (χ1n) is 13.1. The molecule has 2 saturated heterocycles. The van der Waals surface area contributed by atoms with Crippen LogP contribution in [0.3, 0.4) is 0 Å². The molecule has 5 rings (SSSR count). The Bertz CT molecular complexity index is 1490. The van der Waals surface area contributed by atoms with Gasteiger partial charge in [-0.15, -0.1) is 11.8 Å². The third-order valence-corrected chi connectivity index (χ3v) is 9.09. The monoisotopic (exact) mass is 562 g/mol. The van der Waals surface area contributed by atoms with Gasteiger partial charge in [0.25, 0.3) is 0 Å². The van der Waals surface area contributed by atoms with E-state index in [0.29, 0.717) is 35.2 Å². The Kier molecular flexibility index (Phi) is 7.41. The summed E-state index contributed by atoms with van der Waals surface area (Å²) < 4.78 is 9.90. The molecule has 2 unspecified atom stereocenters. The normalized spacial score (nSPS) is 19.8. The van der Waals surface area contributed by atoms with Crippen LogP contribution in [0.25, 0.3) is 10.8 Å². The lowest BCUT2D eigenvalue weighted by Crippen LogP contribution is -2.39. The molecule has 2 bridgehead atoms. The number of hydrogen-bond donors (Lipinski definition) is 4. The van der Waals surface area contributed by atoms with Crippen molar-refractivity contribution in [2.45, 2.75) is 43.4 Å². The summed E-state index contributed by atoms with van der Waals surface area (Å²) in [5.74, 6) is 1.36. The Labute approximate surface area is 237 Å². The minimum atomic E-state index is -0.652. The van der Waals surface area contributed by atoms with Crippen molar-refractivity contribution < 1.29 is 23.9 Å². The summed E-state index contributed by atoms with van der Waals surface area (Å²) in [6.07, 6.45) is 0.190. The smallest absolute Gasteiger partial charge is 0.411 e. The van der Waals surface area contributed by atoms with Crippen LogP contribution in [0.1, 0.15) is 43.1 Å². The molecule has 210 valence electrons. The number of Topliss-reactive ketones (excluding diaryl/α,β-unsaturated/α-hetero) is 1. The number of ketones is 1. The van der Waals surface area contributed by atoms with Crippen molar-refractivity contribution in [1.82, 2.24) is 5.32 Å². The van der Waals surface area contributed by atoms with Crippen LogP contribution in [-0.4, -0.2) is 55.2 Å². The van der Waals surface area contributed by atoms with Gasteiger partial charge in [0.1, 0.15) is 0 Å². The van der Waals surface area contributed by atoms with Crippen molar-refractivity contribution in [3.05, 3.63) is 59.7 Å². The third kappa shape index (κ3) is 5.21. The van der Waals surface area contributed by atoms with Crippen LogP contribution >= 0.6 is 11.8 Å². The van der Waals surface area contributed by atoms with E-state index in [1.807, 2.05) is 51.1 Å². The van der Waals surface area contributed by atoms with Crippen LogP contribution in [-0.2, 0) is 10.2 Å². The van der Waals surface area contributed by atoms with E-state index < -0.39 is 16.9 Å². The molecular weight excluding hydrogens is 528 g/mol. The first kappa shape index (κ1) is 27.8. The summed E-state index contributed by atoms with van der Waals surface area (Å²) in [7, 11) is 2.74. The van der Waals surface area contributed by atoms with Gasteiger partial charge >= 0.3 is 12.1 Å². The number of rotatable bonds is 6. The van der Waals surface area contributed by atoms with E-state index in [9.17, 15) is 14.4 Å². The first-order valence-corrected chi connectivity index (χ1v) is 14.1. The predicted octanol–water partition coefficient (Wildman–Crippen LogP) is 6.00. The summed E-state index contributed by atoms with van der Waals surface area (Å²) in [6, 6.07) is 14.7. The zero-order chi connectivity index (χ0) is 28.7. The molecule has 2 atom stereocenters. The number of methoxy groups -OCH3 is 2. The Hall–Kier alpha value is -3.76. The number of hydrogen-bond acceptors (Lipinski definition) is 7. The molecule has 2 aliphatic heterocycles. The van der Waals surface area contributed by atoms with E-state index in [4.69, 9.17) is 9.47 Å². The maximum atomic E-state index is 13.7. The van der Waals surface area contributed by atoms with Gasteiger partial charge in [-0.1, -0.05) is 45.0 Å². The van der Waals surface area contributed by atoms with Crippen LogP contribution in [0.5, 0.6) is 5.75 Å². The maximum absolute atomic E-state index is 13.7. The van der Waals surface area contributed by atoms with Crippen molar-refractivity contribution in [3.8, 4) is 5.75 Å². The highest BCUT2D eigenvalue weighted by molar-refractivity contribution is 8.01. The molecule has 2 aliphatic rings. The molecule has 3 aromatic carbocycles. The molecule has 2 fully saturated rings. The summed E-state index contributed by atoms with van der Waals surface area (Å²) >= 11 is 1.74. The standard InChI is InChI=1S/C30H34N4O5S/c1-29(2,3)17-12-23(25(38-4)24(13-17)34-28(37)39-5)33-27(36)32-22-11-10-21(19-8-6-7-9-20(19)22)26(35)30-14-18(15-40-30)31-16-30/h6-13,18,31H,14-16H2,1-5H3,(H,34,37)(H2,32,33,36). The number of thioether (sulfide) groups is 1. The van der Waals surface area contributed by atoms with Crippen LogP contribution < -0.4 is 26.0 Å². The molecule has 0 aromatic heterocycles. The fourth-order valence-electron chi connectivity index (χ4n) is 5.33. The predicted molar refractivity (Wildman–Crippen MR) is 160 cm³/mol. The second-order valence-corrected chi connectivity index (χ2v) is 12.6. The number of urea groups is 1. The first-order chi connectivity index (χ1) is 19.0. The van der Waals surface area contributed by atoms with E-state index in [-0.39, 0.29) is 16.9 Å². The van der Waals surface area contributed by atoms with Crippen LogP contribution in [0.15, 0.2) is 48.5 Å². The van der Waals surface area contributed by atoms with Gasteiger partial charge in [-0.25, -0.2) is 9.59 Å². The van der Waals surface area contributed by atoms with Gasteiger partial charge in [0.05, 0.1) is 36.0 Å². The minimum absolute atomic E-state index is 0.131. The molecule has 10 heteroatoms. The number of nitrogens with one attached hydrogen (secondary N) is 4. The Morgan fingerprint density at radius 3 is 2.20 bits per heavy atom. The minimum Gasteiger partial charge on any atom is -0.492 e. The lowest BCUT2D eigenvalue weighted by Gasteiger charge is -2.25. The van der Waals surface area contributed by atoms with Crippen molar-refractivity contribution in [2.75, 3.05) is 42.5 Å². The lowest BCUT2D eigenvalue weighted by atomic mass is 9.86. The molecule has 0 radical (unpaired) electrons. The van der Waals surface area contributed by atoms with E-state index in [2.05, 4.69) is 21.3 Å². The highest BCUT2D eigenvalue weighted by Gasteiger charge is 2.51. The average molecular weight is 563 g/mol. The van der Waals surface area contributed by atoms with Crippen LogP contribution in [0, 0.1) is 0 Å². The van der Waals surface area contributed by atoms with Crippen LogP contribution in [0.4, 0.5) is 26.7 Å². The summed E-state index contributed by atoms with van der Waals surface area (Å²) in [5.41, 5.74) is 2.58. The maximum Gasteiger partial charge on any atom is 0.411 e. The van der Waals surface area contributed by atoms with Crippen molar-refractivity contribution >= 4 is 57.5 Å². The lowest BCUT2D eigenvalue weighted by molar-refractivity contribution is 0.0953. The zero-order valence-corrected chi connectivity index (χ0v) is 24.1. The highest BCUT2D eigenvalue weighted by Crippen LogP contribution is 2.46. The Morgan fingerprint density at radius 1 is 0.950 bits per heavy atom. The molecule has 9 nitrogen and oxygen atoms in total. The molecule has 3 amide bonds. The van der Waals surface area contributed by atoms with Gasteiger partial charge in [-0.05, 0) is 47.1 Å². The van der Waals surface area contributed by atoms with Gasteiger partial charge in [0, 0.05) is 29.3 Å². The molecule has 2 heterocycles. The SMILES string of the molecule is COC(=O)Nc1cc(C(C)(C)C)cc(NC(=O)Nc2ccc(C(=O)C34CNC(CS3)C4)c3ccccc23)c1OC. The number of carbonyl (C=O) groups is 3. The third-order valence-electron chi connectivity index (χ3n) is 7.47. The molecule has 0 saturated carbocycles. The zero-order valence-electron chi connectivity index (χ0n) is 23.3. The fraction of sp³-hybridized carbons (Fsp3) is 0.367. The van der Waals surface area contributed by atoms with Gasteiger partial charge in [-0.2, -0.15) is 0 Å². The Morgan fingerprint density at radius 2 is 1.62 bits per heavy atom. The number of carbonyl (C=O) groups excluding carboxylic acids is 3. The quantitative estimate of drug-likeness (QED) is 0.272. The summed E-state index contributed by atoms with van der Waals surface area (Å²) in [6.45, 7) is 6.77. The van der Waals surface area contributed by atoms with Crippen molar-refractivity contribution in [1.29, 1.82) is 0 Å². The summed E-state index contributed by atoms with van der Waals surface area (Å²) in [5, 5.41) is 13.5. The van der Waals surface area contributed by atoms with Crippen LogP contribution in [0.2, 0.25) is 0 Å². The number of benzene rings is 3. The number of fused-ring (bicyclic) bond motifs is 3. The fourth-order valence-corrected chi connectivity index (χ4v) is 6.84. The molecule has 3 aromatic rings. The molecule has 0 spiro atoms. The molecule has 4 N–H and O–H groups in total. The number of anilines is 3. The van der Waals surface area contributed by atoms with Gasteiger partial charge in [-0.3, -0.25) is 10.1 Å². The number of ether oxygens (including phenoxy) is 2. The van der Waals surface area contributed by atoms with Crippen molar-refractivity contribution in [3.63, 3.8) is 0 Å². The highest BCUT2D eigenvalue weighted by atomic mass is 32.2. The van der Waals surface area contributed by atoms with E-state index in [1.54, 1.807) is 30.0 Å². The number of amides is 3.